The molecule has 1 saturated carbocycles. The predicted molar refractivity (Wildman–Crippen MR) is 98.5 cm³/mol. The minimum absolute atomic E-state index is 0.143. The van der Waals surface area contributed by atoms with Gasteiger partial charge in [-0.25, -0.2) is 0 Å². The Kier molecular flexibility index (Phi) is 4.31. The quantitative estimate of drug-likeness (QED) is 0.834. The molecule has 1 aliphatic carbocycles. The number of pyridine rings is 1. The third kappa shape index (κ3) is 2.88. The van der Waals surface area contributed by atoms with Gasteiger partial charge in [0.15, 0.2) is 5.11 Å². The Morgan fingerprint density at radius 2 is 2.00 bits per heavy atom. The van der Waals surface area contributed by atoms with E-state index in [0.29, 0.717) is 6.04 Å². The lowest BCUT2D eigenvalue weighted by atomic mass is 9.92. The number of nitrogens with one attached hydrogen (secondary N) is 1. The summed E-state index contributed by atoms with van der Waals surface area (Å²) < 4.78 is 0. The predicted octanol–water partition coefficient (Wildman–Crippen LogP) is 4.45. The van der Waals surface area contributed by atoms with Gasteiger partial charge in [0, 0.05) is 17.1 Å². The average Bonchev–Trinajstić information content (AvgIpc) is 3.24. The molecular formula is C18H21N3S2. The molecule has 2 aliphatic rings. The number of aromatic nitrogens is 1. The largest absolute Gasteiger partial charge is 0.352 e. The summed E-state index contributed by atoms with van der Waals surface area (Å²) in [6, 6.07) is 11.5. The monoisotopic (exact) mass is 343 g/mol. The van der Waals surface area contributed by atoms with E-state index in [1.807, 2.05) is 23.6 Å². The Morgan fingerprint density at radius 1 is 1.13 bits per heavy atom. The number of nitrogens with zero attached hydrogens (tertiary/aromatic N) is 2. The van der Waals surface area contributed by atoms with Gasteiger partial charge in [-0.05, 0) is 48.6 Å². The van der Waals surface area contributed by atoms with Crippen molar-refractivity contribution in [1.29, 1.82) is 0 Å². The Morgan fingerprint density at radius 3 is 2.70 bits per heavy atom. The van der Waals surface area contributed by atoms with E-state index in [0.717, 1.165) is 10.8 Å². The molecule has 1 saturated heterocycles. The van der Waals surface area contributed by atoms with Crippen LogP contribution in [0.3, 0.4) is 0 Å². The minimum Gasteiger partial charge on any atom is -0.352 e. The van der Waals surface area contributed by atoms with E-state index in [2.05, 4.69) is 44.8 Å². The van der Waals surface area contributed by atoms with Gasteiger partial charge in [-0.2, -0.15) is 0 Å². The molecule has 2 atom stereocenters. The van der Waals surface area contributed by atoms with Crippen molar-refractivity contribution < 1.29 is 0 Å². The molecule has 2 aromatic heterocycles. The fourth-order valence-corrected chi connectivity index (χ4v) is 5.13. The van der Waals surface area contributed by atoms with Crippen molar-refractivity contribution in [2.75, 3.05) is 0 Å². The van der Waals surface area contributed by atoms with Crippen LogP contribution in [-0.4, -0.2) is 21.0 Å². The molecule has 0 bridgehead atoms. The summed E-state index contributed by atoms with van der Waals surface area (Å²) in [4.78, 5) is 8.44. The van der Waals surface area contributed by atoms with Gasteiger partial charge in [0.25, 0.3) is 0 Å². The molecule has 2 aromatic rings. The second kappa shape index (κ2) is 6.57. The van der Waals surface area contributed by atoms with Crippen LogP contribution < -0.4 is 5.32 Å². The van der Waals surface area contributed by atoms with Crippen LogP contribution in [0.2, 0.25) is 0 Å². The summed E-state index contributed by atoms with van der Waals surface area (Å²) >= 11 is 7.56. The molecular weight excluding hydrogens is 322 g/mol. The lowest BCUT2D eigenvalue weighted by Crippen LogP contribution is -2.40. The number of thiophene rings is 1. The van der Waals surface area contributed by atoms with Gasteiger partial charge in [0.1, 0.15) is 0 Å². The van der Waals surface area contributed by atoms with Crippen molar-refractivity contribution in [1.82, 2.24) is 15.2 Å². The van der Waals surface area contributed by atoms with Crippen molar-refractivity contribution >= 4 is 28.7 Å². The zero-order valence-electron chi connectivity index (χ0n) is 13.0. The van der Waals surface area contributed by atoms with Crippen molar-refractivity contribution in [2.45, 2.75) is 50.2 Å². The number of hydrogen-bond donors (Lipinski definition) is 1. The first-order chi connectivity index (χ1) is 11.3. The molecule has 0 amide bonds. The van der Waals surface area contributed by atoms with Gasteiger partial charge in [0.2, 0.25) is 0 Å². The average molecular weight is 344 g/mol. The zero-order valence-corrected chi connectivity index (χ0v) is 14.7. The summed E-state index contributed by atoms with van der Waals surface area (Å²) in [7, 11) is 0. The van der Waals surface area contributed by atoms with Crippen LogP contribution in [0.25, 0.3) is 0 Å². The number of thiocarbonyl (C=S) groups is 1. The lowest BCUT2D eigenvalue weighted by molar-refractivity contribution is 0.199. The third-order valence-corrected chi connectivity index (χ3v) is 6.21. The van der Waals surface area contributed by atoms with Gasteiger partial charge < -0.3 is 10.2 Å². The molecule has 1 aliphatic heterocycles. The van der Waals surface area contributed by atoms with Crippen molar-refractivity contribution in [3.63, 3.8) is 0 Å². The summed E-state index contributed by atoms with van der Waals surface area (Å²) in [6.45, 7) is 0. The Hall–Kier alpha value is -1.46. The first-order valence-corrected chi connectivity index (χ1v) is 9.66. The molecule has 0 unspecified atom stereocenters. The van der Waals surface area contributed by atoms with Gasteiger partial charge in [0.05, 0.1) is 17.8 Å². The summed E-state index contributed by atoms with van der Waals surface area (Å²) in [5, 5.41) is 6.61. The summed E-state index contributed by atoms with van der Waals surface area (Å²) in [6.07, 6.45) is 8.36. The standard InChI is InChI=1S/C18H21N3S2/c22-18-20-16(14-9-4-5-11-19-14)17(15-10-6-12-23-15)21(18)13-7-2-1-3-8-13/h4-6,9-13,16-17H,1-3,7-8H2,(H,20,22)/t16-,17+/m1/s1. The topological polar surface area (TPSA) is 28.2 Å². The molecule has 120 valence electrons. The fourth-order valence-electron chi connectivity index (χ4n) is 3.88. The normalized spacial score (nSPS) is 25.6. The molecule has 0 spiro atoms. The van der Waals surface area contributed by atoms with E-state index < -0.39 is 0 Å². The molecule has 4 rings (SSSR count). The van der Waals surface area contributed by atoms with Crippen molar-refractivity contribution in [3.05, 3.63) is 52.5 Å². The van der Waals surface area contributed by atoms with E-state index >= 15 is 0 Å². The maximum absolute atomic E-state index is 5.74. The molecule has 3 heterocycles. The fraction of sp³-hybridized carbons (Fsp3) is 0.444. The van der Waals surface area contributed by atoms with Gasteiger partial charge in [-0.1, -0.05) is 31.4 Å². The van der Waals surface area contributed by atoms with Crippen LogP contribution in [-0.2, 0) is 0 Å². The Labute approximate surface area is 146 Å². The molecule has 5 heteroatoms. The first-order valence-electron chi connectivity index (χ1n) is 8.38. The van der Waals surface area contributed by atoms with Gasteiger partial charge in [-0.15, -0.1) is 11.3 Å². The van der Waals surface area contributed by atoms with Gasteiger partial charge >= 0.3 is 0 Å². The zero-order chi connectivity index (χ0) is 15.6. The second-order valence-electron chi connectivity index (χ2n) is 6.34. The maximum atomic E-state index is 5.74. The molecule has 2 fully saturated rings. The molecule has 3 nitrogen and oxygen atoms in total. The Balaban J connectivity index is 1.71. The summed E-state index contributed by atoms with van der Waals surface area (Å²) in [5.74, 6) is 0. The van der Waals surface area contributed by atoms with E-state index in [1.165, 1.54) is 37.0 Å². The third-order valence-electron chi connectivity index (χ3n) is 4.94. The van der Waals surface area contributed by atoms with E-state index in [-0.39, 0.29) is 12.1 Å². The van der Waals surface area contributed by atoms with Crippen molar-refractivity contribution in [3.8, 4) is 0 Å². The van der Waals surface area contributed by atoms with E-state index in [1.54, 1.807) is 0 Å². The van der Waals surface area contributed by atoms with Crippen LogP contribution in [0.1, 0.15) is 54.8 Å². The smallest absolute Gasteiger partial charge is 0.170 e. The SMILES string of the molecule is S=C1N[C@H](c2ccccn2)[C@H](c2cccs2)N1C1CCCCC1. The number of hydrogen-bond acceptors (Lipinski definition) is 3. The van der Waals surface area contributed by atoms with E-state index in [4.69, 9.17) is 12.2 Å². The number of rotatable bonds is 3. The highest BCUT2D eigenvalue weighted by molar-refractivity contribution is 7.80. The molecule has 0 aromatic carbocycles. The van der Waals surface area contributed by atoms with Crippen LogP contribution >= 0.6 is 23.6 Å². The summed E-state index contributed by atoms with van der Waals surface area (Å²) in [5.41, 5.74) is 1.08. The Bertz CT molecular complexity index is 650. The second-order valence-corrected chi connectivity index (χ2v) is 7.71. The van der Waals surface area contributed by atoms with Crippen molar-refractivity contribution in [2.24, 2.45) is 0 Å². The highest BCUT2D eigenvalue weighted by Gasteiger charge is 2.43. The van der Waals surface area contributed by atoms with Crippen LogP contribution in [0.5, 0.6) is 0 Å². The van der Waals surface area contributed by atoms with Crippen LogP contribution in [0.4, 0.5) is 0 Å². The maximum Gasteiger partial charge on any atom is 0.170 e. The molecule has 1 N–H and O–H groups in total. The van der Waals surface area contributed by atoms with Crippen LogP contribution in [0, 0.1) is 0 Å². The molecule has 23 heavy (non-hydrogen) atoms. The van der Waals surface area contributed by atoms with Gasteiger partial charge in [-0.3, -0.25) is 4.98 Å². The highest BCUT2D eigenvalue weighted by Crippen LogP contribution is 2.43. The van der Waals surface area contributed by atoms with E-state index in [9.17, 15) is 0 Å². The lowest BCUT2D eigenvalue weighted by Gasteiger charge is -2.36. The van der Waals surface area contributed by atoms with Crippen LogP contribution in [0.15, 0.2) is 41.9 Å². The molecule has 0 radical (unpaired) electrons. The highest BCUT2D eigenvalue weighted by atomic mass is 32.1. The minimum atomic E-state index is 0.143. The first kappa shape index (κ1) is 15.1.